The van der Waals surface area contributed by atoms with Crippen molar-refractivity contribution in [3.63, 3.8) is 0 Å². The van der Waals surface area contributed by atoms with Gasteiger partial charge in [0.1, 0.15) is 17.1 Å². The molecule has 3 aromatic rings. The Hall–Kier alpha value is -3.12. The predicted octanol–water partition coefficient (Wildman–Crippen LogP) is 6.36. The second-order valence-corrected chi connectivity index (χ2v) is 9.24. The summed E-state index contributed by atoms with van der Waals surface area (Å²) in [5.74, 6) is 0.514. The quantitative estimate of drug-likeness (QED) is 0.181. The number of unbranched alkanes of at least 4 members (excludes halogenated alkanes) is 1. The van der Waals surface area contributed by atoms with Gasteiger partial charge in [-0.2, -0.15) is 0 Å². The molecule has 0 fully saturated rings. The molecule has 0 aliphatic rings. The van der Waals surface area contributed by atoms with Gasteiger partial charge in [0, 0.05) is 13.0 Å². The van der Waals surface area contributed by atoms with Crippen LogP contribution in [0, 0.1) is 0 Å². The van der Waals surface area contributed by atoms with Crippen LogP contribution in [0.1, 0.15) is 68.0 Å². The lowest BCUT2D eigenvalue weighted by atomic mass is 9.98. The van der Waals surface area contributed by atoms with Gasteiger partial charge < -0.3 is 14.5 Å². The van der Waals surface area contributed by atoms with E-state index in [1.54, 1.807) is 6.07 Å². The first kappa shape index (κ1) is 24.5. The Balaban J connectivity index is 1.89. The van der Waals surface area contributed by atoms with Crippen LogP contribution in [-0.4, -0.2) is 32.5 Å². The van der Waals surface area contributed by atoms with E-state index in [1.807, 2.05) is 67.8 Å². The summed E-state index contributed by atoms with van der Waals surface area (Å²) in [4.78, 5) is 17.2. The number of rotatable bonds is 8. The number of imidazole rings is 1. The summed E-state index contributed by atoms with van der Waals surface area (Å²) < 4.78 is 7.55. The van der Waals surface area contributed by atoms with Gasteiger partial charge in [-0.15, -0.1) is 0 Å². The minimum atomic E-state index is -0.564. The van der Waals surface area contributed by atoms with Crippen LogP contribution in [0.3, 0.4) is 0 Å². The number of aromatic nitrogens is 2. The van der Waals surface area contributed by atoms with Crippen molar-refractivity contribution in [1.82, 2.24) is 9.55 Å². The van der Waals surface area contributed by atoms with Crippen LogP contribution < -0.4 is 0 Å². The number of benzene rings is 2. The average Bonchev–Trinajstić information content (AvgIpc) is 3.06. The zero-order valence-electron chi connectivity index (χ0n) is 19.5. The molecular weight excluding hydrogens is 438 g/mol. The van der Waals surface area contributed by atoms with Gasteiger partial charge in [0.25, 0.3) is 0 Å². The minimum absolute atomic E-state index is 0.321. The fraction of sp³-hybridized carbons (Fsp3) is 0.346. The topological polar surface area (TPSA) is 76.7 Å². The number of halogens is 1. The van der Waals surface area contributed by atoms with E-state index in [1.165, 1.54) is 6.21 Å². The Labute approximate surface area is 199 Å². The molecule has 0 aliphatic carbocycles. The molecule has 1 heterocycles. The molecule has 3 rings (SSSR count). The summed E-state index contributed by atoms with van der Waals surface area (Å²) in [6.45, 7) is 8.23. The summed E-state index contributed by atoms with van der Waals surface area (Å²) >= 11 is 6.29. The van der Waals surface area contributed by atoms with E-state index in [4.69, 9.17) is 21.5 Å². The molecule has 0 saturated heterocycles. The lowest BCUT2D eigenvalue weighted by Crippen LogP contribution is -2.24. The van der Waals surface area contributed by atoms with Crippen LogP contribution in [0.5, 0.6) is 0 Å². The number of carbonyl (C=O) groups excluding carboxylic acids is 1. The Kier molecular flexibility index (Phi) is 7.92. The monoisotopic (exact) mass is 467 g/mol. The van der Waals surface area contributed by atoms with Crippen LogP contribution in [0.25, 0.3) is 11.1 Å². The van der Waals surface area contributed by atoms with E-state index in [-0.39, 0.29) is 5.97 Å². The molecule has 0 amide bonds. The first-order valence-electron chi connectivity index (χ1n) is 11.1. The van der Waals surface area contributed by atoms with Crippen LogP contribution in [0.4, 0.5) is 0 Å². The highest BCUT2D eigenvalue weighted by Gasteiger charge is 2.21. The molecule has 7 heteroatoms. The Bertz CT molecular complexity index is 1130. The zero-order valence-corrected chi connectivity index (χ0v) is 20.3. The molecule has 0 spiro atoms. The number of hydrogen-bond donors (Lipinski definition) is 1. The molecule has 0 unspecified atom stereocenters. The third kappa shape index (κ3) is 6.23. The molecule has 0 aliphatic heterocycles. The second kappa shape index (κ2) is 10.7. The largest absolute Gasteiger partial charge is 0.456 e. The van der Waals surface area contributed by atoms with Gasteiger partial charge in [-0.25, -0.2) is 9.78 Å². The van der Waals surface area contributed by atoms with E-state index in [0.29, 0.717) is 23.0 Å². The van der Waals surface area contributed by atoms with Crippen LogP contribution >= 0.6 is 11.6 Å². The summed E-state index contributed by atoms with van der Waals surface area (Å²) in [5.41, 5.74) is 3.32. The summed E-state index contributed by atoms with van der Waals surface area (Å²) in [7, 11) is 0. The standard InChI is InChI=1S/C26H30ClN3O3/c1-5-6-11-23-29-24(27)22(16-28-32)30(23)17-18-12-14-19(15-13-18)20-9-7-8-10-21(20)25(31)33-26(2,3)4/h7-10,12-16,32H,5-6,11,17H2,1-4H3/b28-16-. The van der Waals surface area contributed by atoms with Crippen LogP contribution in [0.2, 0.25) is 5.15 Å². The number of oxime groups is 1. The van der Waals surface area contributed by atoms with E-state index >= 15 is 0 Å². The Morgan fingerprint density at radius 1 is 1.18 bits per heavy atom. The van der Waals surface area contributed by atoms with Crippen molar-refractivity contribution < 1.29 is 14.7 Å². The van der Waals surface area contributed by atoms with E-state index in [9.17, 15) is 4.79 Å². The Morgan fingerprint density at radius 3 is 2.52 bits per heavy atom. The maximum atomic E-state index is 12.7. The van der Waals surface area contributed by atoms with E-state index < -0.39 is 5.60 Å². The van der Waals surface area contributed by atoms with E-state index in [0.717, 1.165) is 41.8 Å². The summed E-state index contributed by atoms with van der Waals surface area (Å²) in [6, 6.07) is 15.4. The number of esters is 1. The molecule has 0 radical (unpaired) electrons. The van der Waals surface area contributed by atoms with Crippen molar-refractivity contribution in [1.29, 1.82) is 0 Å². The molecule has 174 valence electrons. The fourth-order valence-corrected chi connectivity index (χ4v) is 3.83. The molecule has 1 N–H and O–H groups in total. The van der Waals surface area contributed by atoms with Crippen molar-refractivity contribution in [2.75, 3.05) is 0 Å². The lowest BCUT2D eigenvalue weighted by Gasteiger charge is -2.20. The van der Waals surface area contributed by atoms with Gasteiger partial charge in [-0.3, -0.25) is 0 Å². The number of carbonyl (C=O) groups is 1. The number of ether oxygens (including phenoxy) is 1. The predicted molar refractivity (Wildman–Crippen MR) is 131 cm³/mol. The molecule has 2 aromatic carbocycles. The maximum Gasteiger partial charge on any atom is 0.339 e. The van der Waals surface area contributed by atoms with Crippen molar-refractivity contribution in [2.24, 2.45) is 5.16 Å². The molecular formula is C26H30ClN3O3. The number of aryl methyl sites for hydroxylation is 1. The number of hydrogen-bond acceptors (Lipinski definition) is 5. The summed E-state index contributed by atoms with van der Waals surface area (Å²) in [6.07, 6.45) is 4.14. The SMILES string of the molecule is CCCCc1nc(Cl)c(/C=N\O)n1Cc1ccc(-c2ccccc2C(=O)OC(C)(C)C)cc1. The average molecular weight is 468 g/mol. The first-order valence-corrected chi connectivity index (χ1v) is 11.4. The lowest BCUT2D eigenvalue weighted by molar-refractivity contribution is 0.00704. The summed E-state index contributed by atoms with van der Waals surface area (Å²) in [5, 5.41) is 12.5. The molecule has 33 heavy (non-hydrogen) atoms. The highest BCUT2D eigenvalue weighted by Crippen LogP contribution is 2.27. The second-order valence-electron chi connectivity index (χ2n) is 8.88. The minimum Gasteiger partial charge on any atom is -0.456 e. The molecule has 6 nitrogen and oxygen atoms in total. The van der Waals surface area contributed by atoms with Crippen molar-refractivity contribution in [3.05, 3.63) is 76.3 Å². The third-order valence-electron chi connectivity index (χ3n) is 5.13. The van der Waals surface area contributed by atoms with Crippen molar-refractivity contribution >= 4 is 23.8 Å². The highest BCUT2D eigenvalue weighted by molar-refractivity contribution is 6.31. The zero-order chi connectivity index (χ0) is 24.0. The highest BCUT2D eigenvalue weighted by atomic mass is 35.5. The van der Waals surface area contributed by atoms with Crippen molar-refractivity contribution in [2.45, 2.75) is 59.1 Å². The maximum absolute atomic E-state index is 12.7. The molecule has 0 atom stereocenters. The molecule has 1 aromatic heterocycles. The van der Waals surface area contributed by atoms with Crippen LogP contribution in [0.15, 0.2) is 53.7 Å². The van der Waals surface area contributed by atoms with Gasteiger partial charge in [-0.1, -0.05) is 72.6 Å². The van der Waals surface area contributed by atoms with E-state index in [2.05, 4.69) is 17.1 Å². The van der Waals surface area contributed by atoms with Gasteiger partial charge in [0.15, 0.2) is 5.15 Å². The van der Waals surface area contributed by atoms with Crippen molar-refractivity contribution in [3.8, 4) is 11.1 Å². The first-order chi connectivity index (χ1) is 15.7. The molecule has 0 bridgehead atoms. The van der Waals surface area contributed by atoms with Gasteiger partial charge in [0.2, 0.25) is 0 Å². The normalized spacial score (nSPS) is 11.8. The smallest absolute Gasteiger partial charge is 0.339 e. The Morgan fingerprint density at radius 2 is 1.88 bits per heavy atom. The van der Waals surface area contributed by atoms with Crippen LogP contribution in [-0.2, 0) is 17.7 Å². The van der Waals surface area contributed by atoms with Gasteiger partial charge >= 0.3 is 5.97 Å². The number of nitrogens with zero attached hydrogens (tertiary/aromatic N) is 3. The van der Waals surface area contributed by atoms with Gasteiger partial charge in [-0.05, 0) is 49.9 Å². The van der Waals surface area contributed by atoms with Gasteiger partial charge in [0.05, 0.1) is 11.8 Å². The molecule has 0 saturated carbocycles. The fourth-order valence-electron chi connectivity index (χ4n) is 3.58. The third-order valence-corrected chi connectivity index (χ3v) is 5.40.